The molecule has 472 valence electrons. The number of rotatable bonds is 7. The molecule has 0 aromatic carbocycles. The Morgan fingerprint density at radius 1 is 0.651 bits per heavy atom. The molecule has 0 aliphatic carbocycles. The number of piperazine rings is 1. The van der Waals surface area contributed by atoms with Gasteiger partial charge in [-0.2, -0.15) is 0 Å². The molecule has 4 saturated heterocycles. The van der Waals surface area contributed by atoms with Crippen LogP contribution in [-0.2, 0) is 33.3 Å². The lowest BCUT2D eigenvalue weighted by atomic mass is 9.81. The Morgan fingerprint density at radius 3 is 1.87 bits per heavy atom. The minimum absolute atomic E-state index is 0.124. The molecular weight excluding hydrogens is 1090 g/mol. The van der Waals surface area contributed by atoms with Crippen LogP contribution in [0.5, 0.6) is 0 Å². The SMILES string of the molecule is CCN1CCN(C(=O)C2C3C[C@@H](OC4O[C@H](C)[C@@H](O)[C@H](NC[C@@]5(O)OC[C@@H](O)[C@H](O)[C@@H]5O)[C@@H]4O)C=CC=CC=CC=CC=CC=CC=C[C@H](C)[C@@H](O)[C@@H](C)[C@H](C)OC(=O)C[C@H](O)C[C@H](O)CC[C@@H](O)[C@H](O)C[C@H](O)C[C@](O)(C[C@@H]2O)O3)CC1. The molecule has 5 heterocycles. The zero-order chi connectivity index (χ0) is 61.2. The number of aliphatic hydroxyl groups is 14. The summed E-state index contributed by atoms with van der Waals surface area (Å²) in [6.07, 6.45) is -2.61. The largest absolute Gasteiger partial charge is 0.462 e. The third-order valence-corrected chi connectivity index (χ3v) is 16.4. The summed E-state index contributed by atoms with van der Waals surface area (Å²) < 4.78 is 29.6. The van der Waals surface area contributed by atoms with E-state index >= 15 is 0 Å². The highest BCUT2D eigenvalue weighted by Crippen LogP contribution is 2.39. The first-order chi connectivity index (χ1) is 39.3. The van der Waals surface area contributed by atoms with Gasteiger partial charge < -0.3 is 110 Å². The molecule has 24 nitrogen and oxygen atoms in total. The minimum atomic E-state index is -2.46. The van der Waals surface area contributed by atoms with Crippen LogP contribution in [0, 0.1) is 17.8 Å². The fourth-order valence-electron chi connectivity index (χ4n) is 11.0. The van der Waals surface area contributed by atoms with Crippen LogP contribution in [0.1, 0.15) is 86.0 Å². The highest BCUT2D eigenvalue weighted by molar-refractivity contribution is 5.80. The third-order valence-electron chi connectivity index (χ3n) is 16.4. The summed E-state index contributed by atoms with van der Waals surface area (Å²) in [4.78, 5) is 31.1. The molecule has 83 heavy (non-hydrogen) atoms. The van der Waals surface area contributed by atoms with Gasteiger partial charge in [0.05, 0.1) is 98.7 Å². The van der Waals surface area contributed by atoms with Gasteiger partial charge in [0.2, 0.25) is 11.7 Å². The molecule has 24 heteroatoms. The maximum Gasteiger partial charge on any atom is 0.308 e. The Balaban J connectivity index is 1.44. The number of carbonyl (C=O) groups excluding carboxylic acids is 2. The van der Waals surface area contributed by atoms with E-state index in [1.54, 1.807) is 97.7 Å². The number of aliphatic hydroxyl groups excluding tert-OH is 12. The number of ether oxygens (including phenoxy) is 5. The lowest BCUT2D eigenvalue weighted by Crippen LogP contribution is -2.69. The number of nitrogens with one attached hydrogen (secondary N) is 1. The molecule has 0 radical (unpaired) electrons. The van der Waals surface area contributed by atoms with Gasteiger partial charge in [-0.15, -0.1) is 0 Å². The number of hydrogen-bond donors (Lipinski definition) is 15. The number of hydrogen-bond acceptors (Lipinski definition) is 23. The first kappa shape index (κ1) is 70.1. The van der Waals surface area contributed by atoms with Crippen LogP contribution < -0.4 is 5.32 Å². The van der Waals surface area contributed by atoms with Gasteiger partial charge in [0, 0.05) is 63.7 Å². The van der Waals surface area contributed by atoms with Crippen molar-refractivity contribution in [2.45, 2.75) is 208 Å². The molecule has 0 saturated carbocycles. The smallest absolute Gasteiger partial charge is 0.308 e. The molecule has 2 bridgehead atoms. The van der Waals surface area contributed by atoms with Crippen LogP contribution in [0.2, 0.25) is 0 Å². The van der Waals surface area contributed by atoms with Crippen molar-refractivity contribution < 1.29 is 105 Å². The Morgan fingerprint density at radius 2 is 1.25 bits per heavy atom. The zero-order valence-corrected chi connectivity index (χ0v) is 48.3. The van der Waals surface area contributed by atoms with Crippen LogP contribution in [0.25, 0.3) is 0 Å². The summed E-state index contributed by atoms with van der Waals surface area (Å²) in [6.45, 7) is 10.0. The van der Waals surface area contributed by atoms with E-state index < -0.39 is 184 Å². The number of amides is 1. The number of fused-ring (bicyclic) bond motifs is 2. The summed E-state index contributed by atoms with van der Waals surface area (Å²) in [5.41, 5.74) is 0. The highest BCUT2D eigenvalue weighted by atomic mass is 16.7. The maximum atomic E-state index is 14.6. The number of cyclic esters (lactones) is 1. The van der Waals surface area contributed by atoms with Gasteiger partial charge in [-0.3, -0.25) is 9.59 Å². The first-order valence-electron chi connectivity index (χ1n) is 29.1. The number of allylic oxidation sites excluding steroid dienone is 12. The Labute approximate surface area is 486 Å². The molecule has 3 unspecified atom stereocenters. The molecule has 5 aliphatic rings. The van der Waals surface area contributed by atoms with E-state index in [1.165, 1.54) is 6.92 Å². The summed E-state index contributed by atoms with van der Waals surface area (Å²) in [5.74, 6) is -8.11. The number of carbonyl (C=O) groups is 2. The maximum absolute atomic E-state index is 14.6. The highest BCUT2D eigenvalue weighted by Gasteiger charge is 2.53. The van der Waals surface area contributed by atoms with Gasteiger partial charge in [0.25, 0.3) is 0 Å². The summed E-state index contributed by atoms with van der Waals surface area (Å²) in [5, 5.41) is 158. The average molecular weight is 1180 g/mol. The summed E-state index contributed by atoms with van der Waals surface area (Å²) in [7, 11) is 0. The summed E-state index contributed by atoms with van der Waals surface area (Å²) in [6, 6.07) is -1.34. The lowest BCUT2D eigenvalue weighted by Gasteiger charge is -2.48. The van der Waals surface area contributed by atoms with Gasteiger partial charge in [0.15, 0.2) is 12.1 Å². The normalized spacial score (nSPS) is 42.5. The number of esters is 1. The fourth-order valence-corrected chi connectivity index (χ4v) is 11.0. The quantitative estimate of drug-likeness (QED) is 0.125. The van der Waals surface area contributed by atoms with Crippen LogP contribution in [0.15, 0.2) is 85.1 Å². The molecule has 0 aromatic rings. The van der Waals surface area contributed by atoms with E-state index in [4.69, 9.17) is 23.7 Å². The second-order valence-corrected chi connectivity index (χ2v) is 23.0. The molecule has 0 aromatic heterocycles. The molecule has 0 spiro atoms. The van der Waals surface area contributed by atoms with Crippen LogP contribution in [-0.4, -0.2) is 261 Å². The van der Waals surface area contributed by atoms with Gasteiger partial charge in [-0.05, 0) is 39.7 Å². The van der Waals surface area contributed by atoms with Crippen molar-refractivity contribution in [1.29, 1.82) is 0 Å². The standard InChI is InChI=1S/C59H95N3O21/c1-6-61-23-25-62(26-24-61)56(76)49-45(68)32-58(77)31-41(65)28-44(67)43(66)22-21-39(63)27-40(64)29-48(70)80-37(4)36(3)51(71)35(2)19-17-15-13-11-9-7-8-10-12-14-16-18-20-42(30-47(49)83-58)82-57-54(74)50(52(72)38(5)81-57)60-34-59(78)55(75)53(73)46(69)33-79-59/h7-20,35-47,49-55,57,60,63-69,71-75,77-78H,6,21-34H2,1-5H3/t35-,36-,37-,38+,39+,40+,41-,42-,43+,44+,45-,46+,47?,49?,50-,51+,52+,53-,54-,55-,57?,58+,59+/m0/s1. The predicted octanol–water partition coefficient (Wildman–Crippen LogP) is -1.78. The molecule has 5 aliphatic heterocycles. The van der Waals surface area contributed by atoms with E-state index in [0.29, 0.717) is 26.2 Å². The Kier molecular flexibility index (Phi) is 28.2. The van der Waals surface area contributed by atoms with Crippen LogP contribution in [0.4, 0.5) is 0 Å². The topological polar surface area (TPSA) is 382 Å². The van der Waals surface area contributed by atoms with Crippen molar-refractivity contribution in [3.8, 4) is 0 Å². The van der Waals surface area contributed by atoms with Crippen LogP contribution in [0.3, 0.4) is 0 Å². The predicted molar refractivity (Wildman–Crippen MR) is 301 cm³/mol. The monoisotopic (exact) mass is 1180 g/mol. The second-order valence-electron chi connectivity index (χ2n) is 23.0. The lowest BCUT2D eigenvalue weighted by molar-refractivity contribution is -0.323. The Bertz CT molecular complexity index is 2190. The average Bonchev–Trinajstić information content (AvgIpc) is 3.06. The molecule has 5 rings (SSSR count). The second kappa shape index (κ2) is 33.4. The van der Waals surface area contributed by atoms with Gasteiger partial charge in [-0.1, -0.05) is 106 Å². The fraction of sp³-hybridized carbons (Fsp3) is 0.729. The van der Waals surface area contributed by atoms with Crippen molar-refractivity contribution in [3.05, 3.63) is 85.1 Å². The van der Waals surface area contributed by atoms with Crippen molar-refractivity contribution in [2.24, 2.45) is 17.8 Å². The number of nitrogens with zero attached hydrogens (tertiary/aromatic N) is 2. The van der Waals surface area contributed by atoms with Gasteiger partial charge >= 0.3 is 5.97 Å². The molecule has 15 N–H and O–H groups in total. The van der Waals surface area contributed by atoms with Crippen molar-refractivity contribution in [2.75, 3.05) is 45.9 Å². The Hall–Kier alpha value is -3.68. The van der Waals surface area contributed by atoms with E-state index in [-0.39, 0.29) is 31.6 Å². The molecule has 1 amide bonds. The van der Waals surface area contributed by atoms with Gasteiger partial charge in [-0.25, -0.2) is 0 Å². The summed E-state index contributed by atoms with van der Waals surface area (Å²) >= 11 is 0. The van der Waals surface area contributed by atoms with Crippen molar-refractivity contribution in [3.63, 3.8) is 0 Å². The van der Waals surface area contributed by atoms with E-state index in [1.807, 2.05) is 19.9 Å². The van der Waals surface area contributed by atoms with Crippen molar-refractivity contribution >= 4 is 11.9 Å². The third kappa shape index (κ3) is 21.0. The zero-order valence-electron chi connectivity index (χ0n) is 48.3. The van der Waals surface area contributed by atoms with E-state index in [0.717, 1.165) is 6.54 Å². The number of likely N-dealkylation sites (N-methyl/N-ethyl adjacent to an activating group) is 1. The molecular formula is C59H95N3O21. The van der Waals surface area contributed by atoms with Gasteiger partial charge in [0.1, 0.15) is 30.5 Å². The molecule has 4 fully saturated rings. The van der Waals surface area contributed by atoms with E-state index in [2.05, 4.69) is 10.2 Å². The minimum Gasteiger partial charge on any atom is -0.462 e. The van der Waals surface area contributed by atoms with Crippen LogP contribution >= 0.6 is 0 Å². The first-order valence-corrected chi connectivity index (χ1v) is 29.1. The van der Waals surface area contributed by atoms with E-state index in [9.17, 15) is 81.1 Å². The molecule has 23 atom stereocenters. The van der Waals surface area contributed by atoms with Crippen molar-refractivity contribution in [1.82, 2.24) is 15.1 Å².